The summed E-state index contributed by atoms with van der Waals surface area (Å²) in [5, 5.41) is 5.54. The van der Waals surface area contributed by atoms with E-state index in [2.05, 4.69) is 10.6 Å². The maximum absolute atomic E-state index is 12.3. The highest BCUT2D eigenvalue weighted by atomic mass is 16.5. The van der Waals surface area contributed by atoms with Gasteiger partial charge in [-0.05, 0) is 29.8 Å². The fourth-order valence-electron chi connectivity index (χ4n) is 2.28. The number of nitrogens with one attached hydrogen (secondary N) is 2. The highest BCUT2D eigenvalue weighted by molar-refractivity contribution is 6.04. The lowest BCUT2D eigenvalue weighted by atomic mass is 10.1. The Hall–Kier alpha value is -2.86. The molecule has 0 bridgehead atoms. The molecule has 0 aliphatic rings. The molecule has 132 valence electrons. The first-order chi connectivity index (χ1) is 12.1. The summed E-state index contributed by atoms with van der Waals surface area (Å²) >= 11 is 0. The molecule has 0 unspecified atom stereocenters. The third-order valence-electron chi connectivity index (χ3n) is 3.56. The first kappa shape index (κ1) is 18.5. The lowest BCUT2D eigenvalue weighted by Crippen LogP contribution is -2.28. The van der Waals surface area contributed by atoms with E-state index < -0.39 is 0 Å². The molecule has 0 atom stereocenters. The number of carbonyl (C=O) groups excluding carboxylic acids is 2. The van der Waals surface area contributed by atoms with Gasteiger partial charge in [0.25, 0.3) is 5.91 Å². The minimum atomic E-state index is -0.252. The number of para-hydroxylation sites is 1. The number of hydrogen-bond acceptors (Lipinski definition) is 4. The van der Waals surface area contributed by atoms with E-state index in [-0.39, 0.29) is 18.2 Å². The molecule has 25 heavy (non-hydrogen) atoms. The van der Waals surface area contributed by atoms with E-state index in [0.29, 0.717) is 24.4 Å². The minimum absolute atomic E-state index is 0.192. The van der Waals surface area contributed by atoms with Crippen LogP contribution in [0.2, 0.25) is 0 Å². The third-order valence-corrected chi connectivity index (χ3v) is 3.56. The molecule has 2 rings (SSSR count). The summed E-state index contributed by atoms with van der Waals surface area (Å²) in [5.74, 6) is 0.293. The SMILES string of the molecule is COCCNC(=O)c1ccccc1NC(=O)Cc1ccc(OC)cc1. The highest BCUT2D eigenvalue weighted by Gasteiger charge is 2.13. The molecular formula is C19H22N2O4. The molecule has 0 spiro atoms. The molecule has 0 heterocycles. The molecular weight excluding hydrogens is 320 g/mol. The molecule has 0 aliphatic heterocycles. The van der Waals surface area contributed by atoms with Crippen molar-refractivity contribution in [2.75, 3.05) is 32.7 Å². The van der Waals surface area contributed by atoms with Gasteiger partial charge in [-0.2, -0.15) is 0 Å². The van der Waals surface area contributed by atoms with E-state index in [4.69, 9.17) is 9.47 Å². The molecule has 6 nitrogen and oxygen atoms in total. The molecule has 2 N–H and O–H groups in total. The van der Waals surface area contributed by atoms with Crippen molar-refractivity contribution in [3.05, 3.63) is 59.7 Å². The van der Waals surface area contributed by atoms with Crippen molar-refractivity contribution < 1.29 is 19.1 Å². The average Bonchev–Trinajstić information content (AvgIpc) is 2.63. The molecule has 0 fully saturated rings. The molecule has 2 amide bonds. The molecule has 6 heteroatoms. The van der Waals surface area contributed by atoms with Crippen molar-refractivity contribution in [3.8, 4) is 5.75 Å². The maximum atomic E-state index is 12.3. The Labute approximate surface area is 147 Å². The number of rotatable bonds is 8. The van der Waals surface area contributed by atoms with Crippen LogP contribution in [-0.4, -0.2) is 39.2 Å². The molecule has 2 aromatic carbocycles. The van der Waals surface area contributed by atoms with Crippen molar-refractivity contribution in [1.82, 2.24) is 5.32 Å². The highest BCUT2D eigenvalue weighted by Crippen LogP contribution is 2.16. The number of benzene rings is 2. The quantitative estimate of drug-likeness (QED) is 0.722. The van der Waals surface area contributed by atoms with Crippen molar-refractivity contribution in [2.45, 2.75) is 6.42 Å². The van der Waals surface area contributed by atoms with E-state index in [1.807, 2.05) is 12.1 Å². The fourth-order valence-corrected chi connectivity index (χ4v) is 2.28. The van der Waals surface area contributed by atoms with Crippen LogP contribution in [0.1, 0.15) is 15.9 Å². The topological polar surface area (TPSA) is 76.7 Å². The van der Waals surface area contributed by atoms with Gasteiger partial charge in [0.15, 0.2) is 0 Å². The van der Waals surface area contributed by atoms with E-state index in [9.17, 15) is 9.59 Å². The van der Waals surface area contributed by atoms with E-state index in [0.717, 1.165) is 11.3 Å². The Kier molecular flexibility index (Phi) is 6.98. The summed E-state index contributed by atoms with van der Waals surface area (Å²) < 4.78 is 10.0. The average molecular weight is 342 g/mol. The van der Waals surface area contributed by atoms with Gasteiger partial charge >= 0.3 is 0 Å². The first-order valence-electron chi connectivity index (χ1n) is 7.93. The van der Waals surface area contributed by atoms with Gasteiger partial charge in [0.2, 0.25) is 5.91 Å². The standard InChI is InChI=1S/C19H22N2O4/c1-24-12-11-20-19(23)16-5-3-4-6-17(16)21-18(22)13-14-7-9-15(25-2)10-8-14/h3-10H,11-13H2,1-2H3,(H,20,23)(H,21,22). The van der Waals surface area contributed by atoms with Gasteiger partial charge in [-0.25, -0.2) is 0 Å². The van der Waals surface area contributed by atoms with Crippen LogP contribution in [-0.2, 0) is 16.0 Å². The second kappa shape index (κ2) is 9.44. The van der Waals surface area contributed by atoms with Crippen molar-refractivity contribution in [1.29, 1.82) is 0 Å². The second-order valence-corrected chi connectivity index (χ2v) is 5.37. The van der Waals surface area contributed by atoms with E-state index in [1.165, 1.54) is 0 Å². The van der Waals surface area contributed by atoms with Gasteiger partial charge in [-0.15, -0.1) is 0 Å². The van der Waals surface area contributed by atoms with Gasteiger partial charge < -0.3 is 20.1 Å². The van der Waals surface area contributed by atoms with Crippen molar-refractivity contribution in [3.63, 3.8) is 0 Å². The Morgan fingerprint density at radius 3 is 2.40 bits per heavy atom. The molecule has 0 saturated carbocycles. The van der Waals surface area contributed by atoms with Gasteiger partial charge in [-0.3, -0.25) is 9.59 Å². The van der Waals surface area contributed by atoms with Gasteiger partial charge in [0.1, 0.15) is 5.75 Å². The zero-order valence-corrected chi connectivity index (χ0v) is 14.4. The summed E-state index contributed by atoms with van der Waals surface area (Å²) in [7, 11) is 3.16. The summed E-state index contributed by atoms with van der Waals surface area (Å²) in [4.78, 5) is 24.5. The number of ether oxygens (including phenoxy) is 2. The normalized spacial score (nSPS) is 10.2. The predicted octanol–water partition coefficient (Wildman–Crippen LogP) is 2.25. The molecule has 0 aliphatic carbocycles. The van der Waals surface area contributed by atoms with Crippen LogP contribution < -0.4 is 15.4 Å². The number of anilines is 1. The molecule has 0 aromatic heterocycles. The predicted molar refractivity (Wildman–Crippen MR) is 96.0 cm³/mol. The monoisotopic (exact) mass is 342 g/mol. The number of amides is 2. The zero-order chi connectivity index (χ0) is 18.1. The number of hydrogen-bond donors (Lipinski definition) is 2. The largest absolute Gasteiger partial charge is 0.497 e. The smallest absolute Gasteiger partial charge is 0.253 e. The minimum Gasteiger partial charge on any atom is -0.497 e. The molecule has 0 radical (unpaired) electrons. The van der Waals surface area contributed by atoms with Crippen LogP contribution in [0.25, 0.3) is 0 Å². The van der Waals surface area contributed by atoms with Gasteiger partial charge in [0, 0.05) is 13.7 Å². The van der Waals surface area contributed by atoms with Gasteiger partial charge in [0.05, 0.1) is 31.4 Å². The summed E-state index contributed by atoms with van der Waals surface area (Å²) in [5.41, 5.74) is 1.76. The van der Waals surface area contributed by atoms with E-state index >= 15 is 0 Å². The number of methoxy groups -OCH3 is 2. The fraction of sp³-hybridized carbons (Fsp3) is 0.263. The maximum Gasteiger partial charge on any atom is 0.253 e. The lowest BCUT2D eigenvalue weighted by Gasteiger charge is -2.11. The Morgan fingerprint density at radius 2 is 1.72 bits per heavy atom. The number of carbonyl (C=O) groups is 2. The van der Waals surface area contributed by atoms with Crippen LogP contribution in [0.3, 0.4) is 0 Å². The summed E-state index contributed by atoms with van der Waals surface area (Å²) in [6.45, 7) is 0.835. The third kappa shape index (κ3) is 5.61. The van der Waals surface area contributed by atoms with Crippen LogP contribution in [0.15, 0.2) is 48.5 Å². The summed E-state index contributed by atoms with van der Waals surface area (Å²) in [6.07, 6.45) is 0.212. The van der Waals surface area contributed by atoms with Crippen LogP contribution in [0, 0.1) is 0 Å². The molecule has 2 aromatic rings. The van der Waals surface area contributed by atoms with Crippen LogP contribution in [0.4, 0.5) is 5.69 Å². The summed E-state index contributed by atoms with van der Waals surface area (Å²) in [6, 6.07) is 14.2. The van der Waals surface area contributed by atoms with Crippen molar-refractivity contribution in [2.24, 2.45) is 0 Å². The second-order valence-electron chi connectivity index (χ2n) is 5.37. The molecule has 0 saturated heterocycles. The Morgan fingerprint density at radius 1 is 1.00 bits per heavy atom. The van der Waals surface area contributed by atoms with E-state index in [1.54, 1.807) is 50.6 Å². The van der Waals surface area contributed by atoms with Gasteiger partial charge in [-0.1, -0.05) is 24.3 Å². The Balaban J connectivity index is 2.01. The first-order valence-corrected chi connectivity index (χ1v) is 7.93. The van der Waals surface area contributed by atoms with Crippen LogP contribution in [0.5, 0.6) is 5.75 Å². The van der Waals surface area contributed by atoms with Crippen molar-refractivity contribution >= 4 is 17.5 Å². The Bertz CT molecular complexity index is 714. The van der Waals surface area contributed by atoms with Crippen LogP contribution >= 0.6 is 0 Å². The lowest BCUT2D eigenvalue weighted by molar-refractivity contribution is -0.115. The zero-order valence-electron chi connectivity index (χ0n) is 14.4.